The van der Waals surface area contributed by atoms with Gasteiger partial charge in [-0.05, 0) is 25.0 Å². The van der Waals surface area contributed by atoms with E-state index in [1.165, 1.54) is 17.1 Å². The zero-order valence-corrected chi connectivity index (χ0v) is 10.8. The van der Waals surface area contributed by atoms with Gasteiger partial charge in [-0.3, -0.25) is 0 Å². The predicted molar refractivity (Wildman–Crippen MR) is 69.1 cm³/mol. The van der Waals surface area contributed by atoms with Crippen LogP contribution < -0.4 is 10.5 Å². The van der Waals surface area contributed by atoms with Crippen LogP contribution in [-0.4, -0.2) is 29.2 Å². The van der Waals surface area contributed by atoms with Crippen molar-refractivity contribution in [3.05, 3.63) is 30.6 Å². The molecule has 1 aliphatic carbocycles. The minimum absolute atomic E-state index is 0.0545. The number of nitrogen functional groups attached to an aromatic ring is 1. The molecule has 1 heterocycles. The number of benzene rings is 1. The van der Waals surface area contributed by atoms with Crippen LogP contribution in [0.3, 0.4) is 0 Å². The van der Waals surface area contributed by atoms with Crippen LogP contribution in [0.5, 0.6) is 0 Å². The third kappa shape index (κ3) is 2.45. The number of hydrogen-bond acceptors (Lipinski definition) is 5. The third-order valence-corrected chi connectivity index (χ3v) is 4.38. The second-order valence-electron chi connectivity index (χ2n) is 4.41. The van der Waals surface area contributed by atoms with Crippen molar-refractivity contribution >= 4 is 16.0 Å². The van der Waals surface area contributed by atoms with Crippen molar-refractivity contribution in [2.45, 2.75) is 23.8 Å². The van der Waals surface area contributed by atoms with E-state index in [4.69, 9.17) is 5.73 Å². The van der Waals surface area contributed by atoms with Crippen LogP contribution in [-0.2, 0) is 10.0 Å². The first-order valence-electron chi connectivity index (χ1n) is 5.85. The predicted octanol–water partition coefficient (Wildman–Crippen LogP) is 0.290. The van der Waals surface area contributed by atoms with Gasteiger partial charge >= 0.3 is 0 Å². The molecule has 3 N–H and O–H groups in total. The van der Waals surface area contributed by atoms with Crippen molar-refractivity contribution in [3.63, 3.8) is 0 Å². The number of nitrogens with zero attached hydrogens (tertiary/aromatic N) is 3. The van der Waals surface area contributed by atoms with E-state index in [2.05, 4.69) is 14.8 Å². The summed E-state index contributed by atoms with van der Waals surface area (Å²) in [7, 11) is -3.55. The standard InChI is InChI=1S/C11H13N5O2S/c12-11-13-7-16(14-11)9-3-1-2-4-10(9)19(17,18)15-8-5-6-8/h1-4,7-8,15H,5-6H2,(H2,12,14). The van der Waals surface area contributed by atoms with Crippen LogP contribution in [0.1, 0.15) is 12.8 Å². The Kier molecular flexibility index (Phi) is 2.76. The molecule has 0 aliphatic heterocycles. The number of hydrogen-bond donors (Lipinski definition) is 2. The van der Waals surface area contributed by atoms with Crippen LogP contribution >= 0.6 is 0 Å². The number of aromatic nitrogens is 3. The molecule has 0 atom stereocenters. The summed E-state index contributed by atoms with van der Waals surface area (Å²) in [5.74, 6) is 0.0994. The molecule has 2 aromatic rings. The average molecular weight is 279 g/mol. The van der Waals surface area contributed by atoms with Crippen molar-refractivity contribution in [2.24, 2.45) is 0 Å². The molecule has 100 valence electrons. The molecule has 1 aromatic heterocycles. The lowest BCUT2D eigenvalue weighted by Gasteiger charge is -2.10. The van der Waals surface area contributed by atoms with Gasteiger partial charge in [0.1, 0.15) is 11.2 Å². The van der Waals surface area contributed by atoms with E-state index >= 15 is 0 Å². The first-order chi connectivity index (χ1) is 9.06. The van der Waals surface area contributed by atoms with Crippen LogP contribution in [0, 0.1) is 0 Å². The van der Waals surface area contributed by atoms with E-state index in [1.807, 2.05) is 0 Å². The van der Waals surface area contributed by atoms with Gasteiger partial charge in [0.15, 0.2) is 0 Å². The van der Waals surface area contributed by atoms with Gasteiger partial charge in [-0.1, -0.05) is 12.1 Å². The van der Waals surface area contributed by atoms with Crippen molar-refractivity contribution in [1.82, 2.24) is 19.5 Å². The van der Waals surface area contributed by atoms with Crippen LogP contribution in [0.15, 0.2) is 35.5 Å². The quantitative estimate of drug-likeness (QED) is 0.837. The highest BCUT2D eigenvalue weighted by Gasteiger charge is 2.29. The Hall–Kier alpha value is -1.93. The second-order valence-corrected chi connectivity index (χ2v) is 6.09. The fourth-order valence-electron chi connectivity index (χ4n) is 1.75. The summed E-state index contributed by atoms with van der Waals surface area (Å²) in [5, 5.41) is 3.94. The van der Waals surface area contributed by atoms with Gasteiger partial charge in [-0.25, -0.2) is 22.8 Å². The molecule has 8 heteroatoms. The van der Waals surface area contributed by atoms with Crippen molar-refractivity contribution < 1.29 is 8.42 Å². The van der Waals surface area contributed by atoms with Gasteiger partial charge in [0, 0.05) is 6.04 Å². The fraction of sp³-hybridized carbons (Fsp3) is 0.273. The first kappa shape index (κ1) is 12.1. The van der Waals surface area contributed by atoms with Crippen molar-refractivity contribution in [1.29, 1.82) is 0 Å². The maximum absolute atomic E-state index is 12.3. The van der Waals surface area contributed by atoms with E-state index in [0.717, 1.165) is 12.8 Å². The molecular weight excluding hydrogens is 266 g/mol. The highest BCUT2D eigenvalue weighted by Crippen LogP contribution is 2.25. The number of anilines is 1. The zero-order chi connectivity index (χ0) is 13.5. The van der Waals surface area contributed by atoms with Crippen LogP contribution in [0.25, 0.3) is 5.69 Å². The number of nitrogens with two attached hydrogens (primary N) is 1. The van der Waals surface area contributed by atoms with Gasteiger partial charge in [0.2, 0.25) is 16.0 Å². The molecule has 3 rings (SSSR count). The molecule has 0 saturated heterocycles. The first-order valence-corrected chi connectivity index (χ1v) is 7.33. The van der Waals surface area contributed by atoms with E-state index in [9.17, 15) is 8.42 Å². The largest absolute Gasteiger partial charge is 0.366 e. The van der Waals surface area contributed by atoms with Crippen molar-refractivity contribution in [2.75, 3.05) is 5.73 Å². The van der Waals surface area contributed by atoms with Gasteiger partial charge in [0.05, 0.1) is 5.69 Å². The van der Waals surface area contributed by atoms with E-state index in [0.29, 0.717) is 5.69 Å². The van der Waals surface area contributed by atoms with E-state index in [1.54, 1.807) is 18.2 Å². The Morgan fingerprint density at radius 2 is 2.05 bits per heavy atom. The molecule has 7 nitrogen and oxygen atoms in total. The number of rotatable bonds is 4. The summed E-state index contributed by atoms with van der Waals surface area (Å²) in [5.41, 5.74) is 5.89. The van der Waals surface area contributed by atoms with Gasteiger partial charge in [0.25, 0.3) is 0 Å². The smallest absolute Gasteiger partial charge is 0.242 e. The van der Waals surface area contributed by atoms with E-state index < -0.39 is 10.0 Å². The Labute approximate surface area is 110 Å². The monoisotopic (exact) mass is 279 g/mol. The average Bonchev–Trinajstić information content (AvgIpc) is 3.07. The van der Waals surface area contributed by atoms with Crippen molar-refractivity contribution in [3.8, 4) is 5.69 Å². The maximum atomic E-state index is 12.3. The van der Waals surface area contributed by atoms with Gasteiger partial charge in [-0.15, -0.1) is 5.10 Å². The topological polar surface area (TPSA) is 103 Å². The molecule has 19 heavy (non-hydrogen) atoms. The summed E-state index contributed by atoms with van der Waals surface area (Å²) in [6, 6.07) is 6.67. The minimum Gasteiger partial charge on any atom is -0.366 e. The fourth-order valence-corrected chi connectivity index (χ4v) is 3.25. The molecule has 1 aromatic carbocycles. The van der Waals surface area contributed by atoms with E-state index in [-0.39, 0.29) is 16.9 Å². The second kappa shape index (κ2) is 4.32. The Balaban J connectivity index is 2.06. The summed E-state index contributed by atoms with van der Waals surface area (Å²) < 4.78 is 28.6. The lowest BCUT2D eigenvalue weighted by Crippen LogP contribution is -2.26. The number of para-hydroxylation sites is 1. The summed E-state index contributed by atoms with van der Waals surface area (Å²) in [6.07, 6.45) is 3.16. The van der Waals surface area contributed by atoms with Gasteiger partial charge < -0.3 is 5.73 Å². The van der Waals surface area contributed by atoms with Crippen LogP contribution in [0.4, 0.5) is 5.95 Å². The third-order valence-electron chi connectivity index (χ3n) is 2.81. The lowest BCUT2D eigenvalue weighted by atomic mass is 10.3. The minimum atomic E-state index is -3.55. The van der Waals surface area contributed by atoms with Crippen LogP contribution in [0.2, 0.25) is 0 Å². The molecule has 0 spiro atoms. The van der Waals surface area contributed by atoms with Gasteiger partial charge in [-0.2, -0.15) is 0 Å². The Morgan fingerprint density at radius 3 is 2.68 bits per heavy atom. The number of sulfonamides is 1. The highest BCUT2D eigenvalue weighted by atomic mass is 32.2. The Morgan fingerprint density at radius 1 is 1.32 bits per heavy atom. The lowest BCUT2D eigenvalue weighted by molar-refractivity contribution is 0.580. The Bertz CT molecular complexity index is 705. The summed E-state index contributed by atoms with van der Waals surface area (Å²) in [4.78, 5) is 3.98. The molecule has 0 radical (unpaired) electrons. The molecule has 1 fully saturated rings. The molecular formula is C11H13N5O2S. The number of nitrogens with one attached hydrogen (secondary N) is 1. The zero-order valence-electron chi connectivity index (χ0n) is 10.0. The molecule has 0 bridgehead atoms. The normalized spacial score (nSPS) is 15.6. The molecule has 1 saturated carbocycles. The summed E-state index contributed by atoms with van der Waals surface area (Å²) >= 11 is 0. The molecule has 0 amide bonds. The molecule has 0 unspecified atom stereocenters. The highest BCUT2D eigenvalue weighted by molar-refractivity contribution is 7.89. The maximum Gasteiger partial charge on any atom is 0.242 e. The summed E-state index contributed by atoms with van der Waals surface area (Å²) in [6.45, 7) is 0. The SMILES string of the molecule is Nc1ncn(-c2ccccc2S(=O)(=O)NC2CC2)n1. The molecule has 1 aliphatic rings.